The van der Waals surface area contributed by atoms with E-state index in [2.05, 4.69) is 10.4 Å². The maximum atomic E-state index is 13.0. The summed E-state index contributed by atoms with van der Waals surface area (Å²) in [6.45, 7) is 1.86. The molecule has 0 spiro atoms. The maximum Gasteiger partial charge on any atom is 0.343 e. The first-order chi connectivity index (χ1) is 14.1. The van der Waals surface area contributed by atoms with Crippen molar-refractivity contribution in [2.24, 2.45) is 0 Å². The van der Waals surface area contributed by atoms with Crippen LogP contribution in [0.2, 0.25) is 0 Å². The van der Waals surface area contributed by atoms with Crippen molar-refractivity contribution in [3.05, 3.63) is 77.5 Å². The molecule has 8 nitrogen and oxygen atoms in total. The van der Waals surface area contributed by atoms with Gasteiger partial charge in [-0.15, -0.1) is 0 Å². The summed E-state index contributed by atoms with van der Waals surface area (Å²) in [7, 11) is 1.24. The Bertz CT molecular complexity index is 1040. The molecular weight excluding hydrogens is 374 g/mol. The zero-order chi connectivity index (χ0) is 20.8. The number of nitrogens with zero attached hydrogens (tertiary/aromatic N) is 2. The Labute approximate surface area is 167 Å². The number of rotatable bonds is 6. The average molecular weight is 393 g/mol. The molecule has 29 heavy (non-hydrogen) atoms. The lowest BCUT2D eigenvalue weighted by atomic mass is 10.1. The number of benzene rings is 2. The lowest BCUT2D eigenvalue weighted by molar-refractivity contribution is 0.0526. The molecule has 1 amide bonds. The van der Waals surface area contributed by atoms with Crippen molar-refractivity contribution in [1.29, 1.82) is 0 Å². The number of anilines is 1. The monoisotopic (exact) mass is 393 g/mol. The van der Waals surface area contributed by atoms with Crippen LogP contribution in [0.25, 0.3) is 5.69 Å². The number of nitrogens with one attached hydrogen (secondary N) is 1. The molecule has 148 valence electrons. The number of ether oxygens (including phenoxy) is 2. The van der Waals surface area contributed by atoms with Crippen LogP contribution in [0.5, 0.6) is 0 Å². The van der Waals surface area contributed by atoms with Gasteiger partial charge >= 0.3 is 11.9 Å². The van der Waals surface area contributed by atoms with Crippen LogP contribution in [0.4, 0.5) is 5.82 Å². The quantitative estimate of drug-likeness (QED) is 0.646. The zero-order valence-corrected chi connectivity index (χ0v) is 15.9. The van der Waals surface area contributed by atoms with Crippen LogP contribution in [0.3, 0.4) is 0 Å². The number of hydrogen-bond acceptors (Lipinski definition) is 6. The Morgan fingerprint density at radius 2 is 1.59 bits per heavy atom. The first-order valence-corrected chi connectivity index (χ1v) is 8.86. The van der Waals surface area contributed by atoms with Crippen LogP contribution in [0.1, 0.15) is 38.0 Å². The van der Waals surface area contributed by atoms with Crippen LogP contribution in [0.15, 0.2) is 60.8 Å². The molecule has 8 heteroatoms. The van der Waals surface area contributed by atoms with Gasteiger partial charge in [-0.3, -0.25) is 4.79 Å². The third-order valence-electron chi connectivity index (χ3n) is 4.07. The van der Waals surface area contributed by atoms with Crippen molar-refractivity contribution in [2.75, 3.05) is 19.0 Å². The maximum absolute atomic E-state index is 13.0. The van der Waals surface area contributed by atoms with Gasteiger partial charge in [-0.05, 0) is 31.2 Å². The molecule has 0 atom stereocenters. The average Bonchev–Trinajstić information content (AvgIpc) is 3.17. The second-order valence-corrected chi connectivity index (χ2v) is 5.87. The molecule has 3 rings (SSSR count). The molecule has 0 unspecified atom stereocenters. The van der Waals surface area contributed by atoms with E-state index in [-0.39, 0.29) is 29.1 Å². The van der Waals surface area contributed by atoms with Gasteiger partial charge in [0.25, 0.3) is 5.91 Å². The van der Waals surface area contributed by atoms with E-state index in [0.29, 0.717) is 5.69 Å². The van der Waals surface area contributed by atoms with Crippen molar-refractivity contribution in [3.63, 3.8) is 0 Å². The highest BCUT2D eigenvalue weighted by molar-refractivity contribution is 6.12. The third-order valence-corrected chi connectivity index (χ3v) is 4.07. The minimum Gasteiger partial charge on any atom is -0.465 e. The van der Waals surface area contributed by atoms with Crippen LogP contribution in [0, 0.1) is 0 Å². The van der Waals surface area contributed by atoms with E-state index >= 15 is 0 Å². The number of esters is 2. The summed E-state index contributed by atoms with van der Waals surface area (Å²) >= 11 is 0. The molecule has 0 bridgehead atoms. The van der Waals surface area contributed by atoms with Crippen molar-refractivity contribution >= 4 is 23.7 Å². The zero-order valence-electron chi connectivity index (χ0n) is 15.9. The fourth-order valence-electron chi connectivity index (χ4n) is 2.74. The molecule has 1 N–H and O–H groups in total. The number of para-hydroxylation sites is 1. The Balaban J connectivity index is 2.04. The normalized spacial score (nSPS) is 10.3. The number of amides is 1. The van der Waals surface area contributed by atoms with Crippen molar-refractivity contribution in [3.8, 4) is 5.69 Å². The fraction of sp³-hybridized carbons (Fsp3) is 0.143. The van der Waals surface area contributed by atoms with Gasteiger partial charge in [0.1, 0.15) is 5.56 Å². The van der Waals surface area contributed by atoms with Crippen LogP contribution < -0.4 is 5.32 Å². The Morgan fingerprint density at radius 3 is 2.24 bits per heavy atom. The summed E-state index contributed by atoms with van der Waals surface area (Å²) in [5.41, 5.74) is 0.949. The molecule has 3 aromatic rings. The number of carbonyl (C=O) groups is 3. The van der Waals surface area contributed by atoms with Crippen LogP contribution >= 0.6 is 0 Å². The molecule has 1 aromatic heterocycles. The van der Waals surface area contributed by atoms with Gasteiger partial charge in [-0.25, -0.2) is 14.3 Å². The van der Waals surface area contributed by atoms with Crippen LogP contribution in [-0.2, 0) is 9.47 Å². The fourth-order valence-corrected chi connectivity index (χ4v) is 2.74. The van der Waals surface area contributed by atoms with Crippen molar-refractivity contribution in [1.82, 2.24) is 9.78 Å². The first kappa shape index (κ1) is 19.8. The number of aromatic nitrogens is 2. The van der Waals surface area contributed by atoms with Crippen LogP contribution in [-0.4, -0.2) is 41.3 Å². The minimum absolute atomic E-state index is 0.0969. The predicted molar refractivity (Wildman–Crippen MR) is 105 cm³/mol. The highest BCUT2D eigenvalue weighted by Gasteiger charge is 2.24. The molecular formula is C21H19N3O5. The topological polar surface area (TPSA) is 99.5 Å². The number of methoxy groups -OCH3 is 1. The van der Waals surface area contributed by atoms with Crippen molar-refractivity contribution < 1.29 is 23.9 Å². The molecule has 0 saturated carbocycles. The molecule has 0 saturated heterocycles. The SMILES string of the molecule is CCOC(=O)c1cnn(-c2ccccc2)c1NC(=O)c1ccccc1C(=O)OC. The Morgan fingerprint density at radius 1 is 0.931 bits per heavy atom. The molecule has 2 aromatic carbocycles. The first-order valence-electron chi connectivity index (χ1n) is 8.86. The van der Waals surface area contributed by atoms with Gasteiger partial charge in [0, 0.05) is 0 Å². The van der Waals surface area contributed by atoms with E-state index in [1.807, 2.05) is 6.07 Å². The summed E-state index contributed by atoms with van der Waals surface area (Å²) in [5, 5.41) is 6.91. The van der Waals surface area contributed by atoms with Gasteiger partial charge in [-0.2, -0.15) is 5.10 Å². The van der Waals surface area contributed by atoms with Gasteiger partial charge in [0.2, 0.25) is 0 Å². The van der Waals surface area contributed by atoms with Gasteiger partial charge < -0.3 is 14.8 Å². The molecule has 0 fully saturated rings. The lowest BCUT2D eigenvalue weighted by Gasteiger charge is -2.12. The van der Waals surface area contributed by atoms with Gasteiger partial charge in [0.05, 0.1) is 36.7 Å². The largest absolute Gasteiger partial charge is 0.465 e. The lowest BCUT2D eigenvalue weighted by Crippen LogP contribution is -2.20. The minimum atomic E-state index is -0.641. The highest BCUT2D eigenvalue weighted by Crippen LogP contribution is 2.23. The standard InChI is InChI=1S/C21H19N3O5/c1-3-29-21(27)17-13-22-24(14-9-5-4-6-10-14)18(17)23-19(25)15-11-7-8-12-16(15)20(26)28-2/h4-13H,3H2,1-2H3,(H,23,25). The van der Waals surface area contributed by atoms with E-state index in [0.717, 1.165) is 0 Å². The Hall–Kier alpha value is -3.94. The summed E-state index contributed by atoms with van der Waals surface area (Å²) in [4.78, 5) is 37.3. The summed E-state index contributed by atoms with van der Waals surface area (Å²) in [5.74, 6) is -1.71. The number of hydrogen-bond donors (Lipinski definition) is 1. The molecule has 0 aliphatic rings. The molecule has 0 aliphatic carbocycles. The van der Waals surface area contributed by atoms with E-state index in [9.17, 15) is 14.4 Å². The Kier molecular flexibility index (Phi) is 6.03. The second kappa shape index (κ2) is 8.83. The van der Waals surface area contributed by atoms with Crippen molar-refractivity contribution in [2.45, 2.75) is 6.92 Å². The number of carbonyl (C=O) groups excluding carboxylic acids is 3. The summed E-state index contributed by atoms with van der Waals surface area (Å²) < 4.78 is 11.2. The predicted octanol–water partition coefficient (Wildman–Crippen LogP) is 3.09. The second-order valence-electron chi connectivity index (χ2n) is 5.87. The summed E-state index contributed by atoms with van der Waals surface area (Å²) in [6.07, 6.45) is 1.33. The van der Waals surface area contributed by atoms with E-state index in [1.54, 1.807) is 43.3 Å². The smallest absolute Gasteiger partial charge is 0.343 e. The molecule has 0 aliphatic heterocycles. The molecule has 1 heterocycles. The van der Waals surface area contributed by atoms with E-state index < -0.39 is 17.8 Å². The third kappa shape index (κ3) is 4.16. The van der Waals surface area contributed by atoms with E-state index in [4.69, 9.17) is 9.47 Å². The van der Waals surface area contributed by atoms with Gasteiger partial charge in [0.15, 0.2) is 5.82 Å². The van der Waals surface area contributed by atoms with Gasteiger partial charge in [-0.1, -0.05) is 30.3 Å². The molecule has 0 radical (unpaired) electrons. The highest BCUT2D eigenvalue weighted by atomic mass is 16.5. The van der Waals surface area contributed by atoms with E-state index in [1.165, 1.54) is 30.1 Å². The summed E-state index contributed by atoms with van der Waals surface area (Å²) in [6, 6.07) is 15.2.